The molecule has 0 aliphatic carbocycles. The Balaban J connectivity index is 2.25. The quantitative estimate of drug-likeness (QED) is 0.691. The minimum absolute atomic E-state index is 0.269. The third kappa shape index (κ3) is 3.30. The van der Waals surface area contributed by atoms with Gasteiger partial charge < -0.3 is 10.4 Å². The standard InChI is InChI=1S/C8H13N3O/c1-7(12)2-3-10-8-6-9-4-5-11-8/h4-7,12H,2-3H2,1H3,(H,10,11). The highest BCUT2D eigenvalue weighted by atomic mass is 16.3. The molecule has 1 aromatic heterocycles. The highest BCUT2D eigenvalue weighted by Gasteiger charge is 1.95. The predicted octanol–water partition coefficient (Wildman–Crippen LogP) is 0.659. The van der Waals surface area contributed by atoms with Crippen LogP contribution in [0.2, 0.25) is 0 Å². The van der Waals surface area contributed by atoms with Crippen LogP contribution in [0, 0.1) is 0 Å². The van der Waals surface area contributed by atoms with Crippen LogP contribution in [0.15, 0.2) is 18.6 Å². The fourth-order valence-electron chi connectivity index (χ4n) is 0.800. The monoisotopic (exact) mass is 167 g/mol. The van der Waals surface area contributed by atoms with E-state index in [9.17, 15) is 0 Å². The van der Waals surface area contributed by atoms with Crippen molar-refractivity contribution in [3.05, 3.63) is 18.6 Å². The predicted molar refractivity (Wildman–Crippen MR) is 46.8 cm³/mol. The Kier molecular flexibility index (Phi) is 3.47. The lowest BCUT2D eigenvalue weighted by Gasteiger charge is -2.05. The second-order valence-corrected chi connectivity index (χ2v) is 2.66. The lowest BCUT2D eigenvalue weighted by molar-refractivity contribution is 0.188. The highest BCUT2D eigenvalue weighted by Crippen LogP contribution is 1.97. The SMILES string of the molecule is CC(O)CCNc1cnccn1. The molecule has 0 spiro atoms. The number of nitrogens with zero attached hydrogens (tertiary/aromatic N) is 2. The average Bonchev–Trinajstić information content (AvgIpc) is 2.05. The van der Waals surface area contributed by atoms with E-state index in [4.69, 9.17) is 5.11 Å². The summed E-state index contributed by atoms with van der Waals surface area (Å²) in [5, 5.41) is 12.0. The Labute approximate surface area is 71.7 Å². The third-order valence-electron chi connectivity index (χ3n) is 1.43. The van der Waals surface area contributed by atoms with Gasteiger partial charge >= 0.3 is 0 Å². The van der Waals surface area contributed by atoms with E-state index in [-0.39, 0.29) is 6.10 Å². The third-order valence-corrected chi connectivity index (χ3v) is 1.43. The Morgan fingerprint density at radius 3 is 3.00 bits per heavy atom. The summed E-state index contributed by atoms with van der Waals surface area (Å²) in [6.45, 7) is 2.48. The first-order chi connectivity index (χ1) is 5.79. The van der Waals surface area contributed by atoms with Gasteiger partial charge in [0.05, 0.1) is 12.3 Å². The van der Waals surface area contributed by atoms with Crippen LogP contribution >= 0.6 is 0 Å². The lowest BCUT2D eigenvalue weighted by atomic mass is 10.3. The molecular formula is C8H13N3O. The molecule has 0 radical (unpaired) electrons. The Hall–Kier alpha value is -1.16. The summed E-state index contributed by atoms with van der Waals surface area (Å²) in [5.41, 5.74) is 0. The van der Waals surface area contributed by atoms with Crippen molar-refractivity contribution >= 4 is 5.82 Å². The molecule has 1 unspecified atom stereocenters. The fraction of sp³-hybridized carbons (Fsp3) is 0.500. The Morgan fingerprint density at radius 2 is 2.42 bits per heavy atom. The molecule has 0 aliphatic heterocycles. The summed E-state index contributed by atoms with van der Waals surface area (Å²) in [6, 6.07) is 0. The van der Waals surface area contributed by atoms with Crippen molar-refractivity contribution in [2.45, 2.75) is 19.4 Å². The first kappa shape index (κ1) is 8.93. The summed E-state index contributed by atoms with van der Waals surface area (Å²) in [6.07, 6.45) is 5.36. The molecule has 1 rings (SSSR count). The van der Waals surface area contributed by atoms with E-state index in [0.717, 1.165) is 18.8 Å². The Morgan fingerprint density at radius 1 is 1.58 bits per heavy atom. The van der Waals surface area contributed by atoms with Crippen LogP contribution in [0.25, 0.3) is 0 Å². The molecule has 0 bridgehead atoms. The molecule has 12 heavy (non-hydrogen) atoms. The van der Waals surface area contributed by atoms with Gasteiger partial charge in [-0.25, -0.2) is 4.98 Å². The molecule has 4 heteroatoms. The summed E-state index contributed by atoms with van der Waals surface area (Å²) in [5.74, 6) is 0.748. The van der Waals surface area contributed by atoms with Crippen LogP contribution in [0.5, 0.6) is 0 Å². The average molecular weight is 167 g/mol. The molecule has 0 amide bonds. The van der Waals surface area contributed by atoms with E-state index in [2.05, 4.69) is 15.3 Å². The zero-order valence-corrected chi connectivity index (χ0v) is 7.07. The van der Waals surface area contributed by atoms with Crippen molar-refractivity contribution in [2.75, 3.05) is 11.9 Å². The number of aliphatic hydroxyl groups excluding tert-OH is 1. The van der Waals surface area contributed by atoms with Crippen molar-refractivity contribution in [2.24, 2.45) is 0 Å². The van der Waals surface area contributed by atoms with E-state index < -0.39 is 0 Å². The summed E-state index contributed by atoms with van der Waals surface area (Å²) in [4.78, 5) is 7.92. The zero-order chi connectivity index (χ0) is 8.81. The van der Waals surface area contributed by atoms with Gasteiger partial charge in [0.1, 0.15) is 5.82 Å². The summed E-state index contributed by atoms with van der Waals surface area (Å²) >= 11 is 0. The van der Waals surface area contributed by atoms with Crippen molar-refractivity contribution < 1.29 is 5.11 Å². The summed E-state index contributed by atoms with van der Waals surface area (Å²) in [7, 11) is 0. The van der Waals surface area contributed by atoms with Crippen LogP contribution in [0.1, 0.15) is 13.3 Å². The number of hydrogen-bond donors (Lipinski definition) is 2. The van der Waals surface area contributed by atoms with Gasteiger partial charge in [0.2, 0.25) is 0 Å². The second-order valence-electron chi connectivity index (χ2n) is 2.66. The number of rotatable bonds is 4. The van der Waals surface area contributed by atoms with Crippen LogP contribution in [0.4, 0.5) is 5.82 Å². The molecule has 0 fully saturated rings. The van der Waals surface area contributed by atoms with Crippen LogP contribution in [-0.2, 0) is 0 Å². The fourth-order valence-corrected chi connectivity index (χ4v) is 0.800. The van der Waals surface area contributed by atoms with Crippen molar-refractivity contribution in [1.82, 2.24) is 9.97 Å². The molecular weight excluding hydrogens is 154 g/mol. The van der Waals surface area contributed by atoms with Gasteiger partial charge in [0, 0.05) is 18.9 Å². The van der Waals surface area contributed by atoms with Gasteiger partial charge in [-0.1, -0.05) is 0 Å². The smallest absolute Gasteiger partial charge is 0.144 e. The molecule has 4 nitrogen and oxygen atoms in total. The maximum absolute atomic E-state index is 8.95. The number of hydrogen-bond acceptors (Lipinski definition) is 4. The van der Waals surface area contributed by atoms with Crippen LogP contribution in [0.3, 0.4) is 0 Å². The molecule has 0 saturated carbocycles. The van der Waals surface area contributed by atoms with Crippen molar-refractivity contribution in [3.63, 3.8) is 0 Å². The molecule has 1 heterocycles. The number of aromatic nitrogens is 2. The topological polar surface area (TPSA) is 58.0 Å². The minimum Gasteiger partial charge on any atom is -0.393 e. The molecule has 0 aromatic carbocycles. The van der Waals surface area contributed by atoms with Gasteiger partial charge in [0.15, 0.2) is 0 Å². The second kappa shape index (κ2) is 4.66. The van der Waals surface area contributed by atoms with Gasteiger partial charge in [0.25, 0.3) is 0 Å². The van der Waals surface area contributed by atoms with Gasteiger partial charge in [-0.2, -0.15) is 0 Å². The summed E-state index contributed by atoms with van der Waals surface area (Å²) < 4.78 is 0. The maximum atomic E-state index is 8.95. The van der Waals surface area contributed by atoms with Crippen molar-refractivity contribution in [3.8, 4) is 0 Å². The molecule has 2 N–H and O–H groups in total. The van der Waals surface area contributed by atoms with Gasteiger partial charge in [-0.3, -0.25) is 4.98 Å². The van der Waals surface area contributed by atoms with Crippen LogP contribution in [-0.4, -0.2) is 27.7 Å². The number of anilines is 1. The maximum Gasteiger partial charge on any atom is 0.144 e. The first-order valence-electron chi connectivity index (χ1n) is 3.97. The van der Waals surface area contributed by atoms with E-state index in [1.54, 1.807) is 25.5 Å². The van der Waals surface area contributed by atoms with Crippen LogP contribution < -0.4 is 5.32 Å². The van der Waals surface area contributed by atoms with E-state index in [1.165, 1.54) is 0 Å². The Bertz CT molecular complexity index is 213. The molecule has 1 aromatic rings. The van der Waals surface area contributed by atoms with E-state index in [0.29, 0.717) is 0 Å². The number of nitrogens with one attached hydrogen (secondary N) is 1. The molecule has 0 saturated heterocycles. The van der Waals surface area contributed by atoms with Crippen molar-refractivity contribution in [1.29, 1.82) is 0 Å². The van der Waals surface area contributed by atoms with Gasteiger partial charge in [-0.15, -0.1) is 0 Å². The van der Waals surface area contributed by atoms with Gasteiger partial charge in [-0.05, 0) is 13.3 Å². The number of aliphatic hydroxyl groups is 1. The molecule has 66 valence electrons. The molecule has 0 aliphatic rings. The normalized spacial score (nSPS) is 12.5. The zero-order valence-electron chi connectivity index (χ0n) is 7.07. The van der Waals surface area contributed by atoms with E-state index >= 15 is 0 Å². The highest BCUT2D eigenvalue weighted by molar-refractivity contribution is 5.29. The van der Waals surface area contributed by atoms with E-state index in [1.807, 2.05) is 0 Å². The first-order valence-corrected chi connectivity index (χ1v) is 3.97. The lowest BCUT2D eigenvalue weighted by Crippen LogP contribution is -2.10. The largest absolute Gasteiger partial charge is 0.393 e. The molecule has 1 atom stereocenters. The minimum atomic E-state index is -0.269.